The standard InChI is InChI=1S/C13H20N2O3/c1-3-10(16)9-11-14-12(15-18-11)13(17-2)7-5-4-6-8-13/h3-9H2,1-2H3. The van der Waals surface area contributed by atoms with Gasteiger partial charge in [-0.25, -0.2) is 0 Å². The van der Waals surface area contributed by atoms with Crippen LogP contribution >= 0.6 is 0 Å². The quantitative estimate of drug-likeness (QED) is 0.805. The maximum absolute atomic E-state index is 11.4. The molecule has 100 valence electrons. The van der Waals surface area contributed by atoms with E-state index in [2.05, 4.69) is 10.1 Å². The first-order chi connectivity index (χ1) is 8.70. The lowest BCUT2D eigenvalue weighted by Gasteiger charge is -2.32. The van der Waals surface area contributed by atoms with E-state index < -0.39 is 5.60 Å². The van der Waals surface area contributed by atoms with Gasteiger partial charge in [-0.05, 0) is 12.8 Å². The van der Waals surface area contributed by atoms with E-state index in [0.717, 1.165) is 25.7 Å². The van der Waals surface area contributed by atoms with Crippen LogP contribution < -0.4 is 0 Å². The van der Waals surface area contributed by atoms with Crippen LogP contribution in [0.15, 0.2) is 4.52 Å². The minimum atomic E-state index is -0.407. The van der Waals surface area contributed by atoms with Crippen LogP contribution in [-0.2, 0) is 21.6 Å². The van der Waals surface area contributed by atoms with E-state index in [1.54, 1.807) is 7.11 Å². The summed E-state index contributed by atoms with van der Waals surface area (Å²) in [5.74, 6) is 1.11. The van der Waals surface area contributed by atoms with Crippen molar-refractivity contribution in [3.05, 3.63) is 11.7 Å². The first-order valence-electron chi connectivity index (χ1n) is 6.60. The Morgan fingerprint density at radius 1 is 1.39 bits per heavy atom. The minimum absolute atomic E-state index is 0.111. The molecule has 1 aliphatic carbocycles. The van der Waals surface area contributed by atoms with Crippen LogP contribution in [0.1, 0.15) is 57.2 Å². The summed E-state index contributed by atoms with van der Waals surface area (Å²) in [6.45, 7) is 1.83. The van der Waals surface area contributed by atoms with Crippen LogP contribution in [0.3, 0.4) is 0 Å². The lowest BCUT2D eigenvalue weighted by molar-refractivity contribution is -0.118. The smallest absolute Gasteiger partial charge is 0.234 e. The Balaban J connectivity index is 2.14. The Bertz CT molecular complexity index is 408. The van der Waals surface area contributed by atoms with E-state index in [0.29, 0.717) is 18.1 Å². The number of hydrogen-bond donors (Lipinski definition) is 0. The summed E-state index contributed by atoms with van der Waals surface area (Å²) in [6.07, 6.45) is 6.02. The fourth-order valence-corrected chi connectivity index (χ4v) is 2.45. The third-order valence-electron chi connectivity index (χ3n) is 3.67. The molecule has 1 aliphatic rings. The van der Waals surface area contributed by atoms with Gasteiger partial charge in [0.2, 0.25) is 11.7 Å². The molecule has 0 aliphatic heterocycles. The average molecular weight is 252 g/mol. The summed E-state index contributed by atoms with van der Waals surface area (Å²) in [6, 6.07) is 0. The van der Waals surface area contributed by atoms with Gasteiger partial charge >= 0.3 is 0 Å². The van der Waals surface area contributed by atoms with Gasteiger partial charge in [0, 0.05) is 13.5 Å². The number of ether oxygens (including phenoxy) is 1. The van der Waals surface area contributed by atoms with Crippen LogP contribution in [0, 0.1) is 0 Å². The number of carbonyl (C=O) groups is 1. The Kier molecular flexibility index (Phi) is 4.11. The molecule has 0 saturated heterocycles. The molecule has 0 aromatic carbocycles. The third-order valence-corrected chi connectivity index (χ3v) is 3.67. The second-order valence-corrected chi connectivity index (χ2v) is 4.84. The first kappa shape index (κ1) is 13.2. The number of hydrogen-bond acceptors (Lipinski definition) is 5. The molecule has 0 unspecified atom stereocenters. The van der Waals surface area contributed by atoms with Gasteiger partial charge in [-0.3, -0.25) is 4.79 Å². The second kappa shape index (κ2) is 5.61. The largest absolute Gasteiger partial charge is 0.370 e. The maximum Gasteiger partial charge on any atom is 0.234 e. The highest BCUT2D eigenvalue weighted by Crippen LogP contribution is 2.38. The van der Waals surface area contributed by atoms with Crippen molar-refractivity contribution < 1.29 is 14.1 Å². The number of aromatic nitrogens is 2. The van der Waals surface area contributed by atoms with Crippen molar-refractivity contribution in [2.45, 2.75) is 57.5 Å². The van der Waals surface area contributed by atoms with Gasteiger partial charge in [0.05, 0.1) is 6.42 Å². The summed E-state index contributed by atoms with van der Waals surface area (Å²) in [5, 5.41) is 4.01. The fourth-order valence-electron chi connectivity index (χ4n) is 2.45. The van der Waals surface area contributed by atoms with Crippen molar-refractivity contribution in [3.8, 4) is 0 Å². The number of ketones is 1. The Morgan fingerprint density at radius 2 is 2.11 bits per heavy atom. The Labute approximate surface area is 107 Å². The highest BCUT2D eigenvalue weighted by atomic mass is 16.5. The normalized spacial score (nSPS) is 18.8. The molecule has 1 heterocycles. The Hall–Kier alpha value is -1.23. The lowest BCUT2D eigenvalue weighted by atomic mass is 9.84. The zero-order valence-electron chi connectivity index (χ0n) is 11.1. The molecular weight excluding hydrogens is 232 g/mol. The van der Waals surface area contributed by atoms with Crippen LogP contribution in [0.4, 0.5) is 0 Å². The molecule has 0 atom stereocenters. The monoisotopic (exact) mass is 252 g/mol. The molecule has 5 nitrogen and oxygen atoms in total. The number of nitrogens with zero attached hydrogens (tertiary/aromatic N) is 2. The molecule has 0 spiro atoms. The van der Waals surface area contributed by atoms with E-state index in [-0.39, 0.29) is 12.2 Å². The van der Waals surface area contributed by atoms with E-state index in [1.165, 1.54) is 6.42 Å². The molecule has 1 aromatic rings. The van der Waals surface area contributed by atoms with Gasteiger partial charge < -0.3 is 9.26 Å². The predicted molar refractivity (Wildman–Crippen MR) is 65.1 cm³/mol. The van der Waals surface area contributed by atoms with Gasteiger partial charge in [-0.15, -0.1) is 0 Å². The molecule has 5 heteroatoms. The molecule has 1 aromatic heterocycles. The van der Waals surface area contributed by atoms with Gasteiger partial charge in [0.15, 0.2) is 0 Å². The van der Waals surface area contributed by atoms with Crippen LogP contribution in [0.25, 0.3) is 0 Å². The van der Waals surface area contributed by atoms with Crippen molar-refractivity contribution in [2.75, 3.05) is 7.11 Å². The van der Waals surface area contributed by atoms with Gasteiger partial charge in [0.25, 0.3) is 0 Å². The SMILES string of the molecule is CCC(=O)Cc1nc(C2(OC)CCCCC2)no1. The summed E-state index contributed by atoms with van der Waals surface area (Å²) in [7, 11) is 1.69. The summed E-state index contributed by atoms with van der Waals surface area (Å²) in [4.78, 5) is 15.7. The number of methoxy groups -OCH3 is 1. The summed E-state index contributed by atoms with van der Waals surface area (Å²) in [5.41, 5.74) is -0.407. The van der Waals surface area contributed by atoms with E-state index in [1.807, 2.05) is 6.92 Å². The number of rotatable bonds is 5. The molecule has 0 N–H and O–H groups in total. The molecule has 0 radical (unpaired) electrons. The van der Waals surface area contributed by atoms with Gasteiger partial charge in [-0.2, -0.15) is 4.98 Å². The van der Waals surface area contributed by atoms with E-state index >= 15 is 0 Å². The molecule has 2 rings (SSSR count). The molecule has 1 saturated carbocycles. The predicted octanol–water partition coefficient (Wildman–Crippen LogP) is 2.40. The molecule has 0 amide bonds. The highest BCUT2D eigenvalue weighted by Gasteiger charge is 2.38. The fraction of sp³-hybridized carbons (Fsp3) is 0.769. The lowest BCUT2D eigenvalue weighted by Crippen LogP contribution is -2.32. The minimum Gasteiger partial charge on any atom is -0.370 e. The summed E-state index contributed by atoms with van der Waals surface area (Å²) >= 11 is 0. The number of carbonyl (C=O) groups excluding carboxylic acids is 1. The van der Waals surface area contributed by atoms with Gasteiger partial charge in [-0.1, -0.05) is 31.3 Å². The van der Waals surface area contributed by atoms with Crippen molar-refractivity contribution in [3.63, 3.8) is 0 Å². The van der Waals surface area contributed by atoms with Crippen molar-refractivity contribution in [2.24, 2.45) is 0 Å². The van der Waals surface area contributed by atoms with Crippen molar-refractivity contribution in [1.29, 1.82) is 0 Å². The third kappa shape index (κ3) is 2.61. The van der Waals surface area contributed by atoms with Gasteiger partial charge in [0.1, 0.15) is 11.4 Å². The molecular formula is C13H20N2O3. The Morgan fingerprint density at radius 3 is 2.72 bits per heavy atom. The molecule has 1 fully saturated rings. The van der Waals surface area contributed by atoms with E-state index in [4.69, 9.17) is 9.26 Å². The van der Waals surface area contributed by atoms with Crippen LogP contribution in [0.2, 0.25) is 0 Å². The first-order valence-corrected chi connectivity index (χ1v) is 6.60. The molecule has 18 heavy (non-hydrogen) atoms. The zero-order valence-corrected chi connectivity index (χ0v) is 11.1. The zero-order chi connectivity index (χ0) is 13.0. The van der Waals surface area contributed by atoms with E-state index in [9.17, 15) is 4.79 Å². The summed E-state index contributed by atoms with van der Waals surface area (Å²) < 4.78 is 10.8. The number of Topliss-reactive ketones (excluding diaryl/α,β-unsaturated/α-hetero) is 1. The second-order valence-electron chi connectivity index (χ2n) is 4.84. The highest BCUT2D eigenvalue weighted by molar-refractivity contribution is 5.79. The topological polar surface area (TPSA) is 65.2 Å². The van der Waals surface area contributed by atoms with Crippen molar-refractivity contribution >= 4 is 5.78 Å². The van der Waals surface area contributed by atoms with Crippen molar-refractivity contribution in [1.82, 2.24) is 10.1 Å². The maximum atomic E-state index is 11.4. The van der Waals surface area contributed by atoms with Crippen LogP contribution in [0.5, 0.6) is 0 Å². The average Bonchev–Trinajstić information content (AvgIpc) is 2.88. The molecule has 0 bridgehead atoms. The van der Waals surface area contributed by atoms with Crippen LogP contribution in [-0.4, -0.2) is 23.0 Å².